The lowest BCUT2D eigenvalue weighted by Crippen LogP contribution is -2.51. The molecule has 5 aliphatic rings. The van der Waals surface area contributed by atoms with Crippen molar-refractivity contribution in [2.45, 2.75) is 45.4 Å². The summed E-state index contributed by atoms with van der Waals surface area (Å²) in [6, 6.07) is 13.8. The van der Waals surface area contributed by atoms with E-state index in [1.807, 2.05) is 49.4 Å². The van der Waals surface area contributed by atoms with Gasteiger partial charge in [0.15, 0.2) is 17.3 Å². The number of hydrogen-bond donors (Lipinski definition) is 1. The van der Waals surface area contributed by atoms with Crippen LogP contribution in [0.3, 0.4) is 0 Å². The Morgan fingerprint density at radius 3 is 2.42 bits per heavy atom. The second kappa shape index (κ2) is 8.25. The number of hydrogen-bond acceptors (Lipinski definition) is 6. The number of nitrogens with zero attached hydrogens (tertiary/aromatic N) is 3. The van der Waals surface area contributed by atoms with E-state index < -0.39 is 0 Å². The van der Waals surface area contributed by atoms with Gasteiger partial charge in [0.1, 0.15) is 0 Å². The Bertz CT molecular complexity index is 1280. The third kappa shape index (κ3) is 3.62. The van der Waals surface area contributed by atoms with Gasteiger partial charge in [0.2, 0.25) is 12.7 Å². The van der Waals surface area contributed by atoms with Crippen LogP contribution in [0.1, 0.15) is 45.4 Å². The minimum absolute atomic E-state index is 0.168. The summed E-state index contributed by atoms with van der Waals surface area (Å²) in [6.07, 6.45) is 7.15. The number of rotatable bonds is 6. The Kier molecular flexibility index (Phi) is 4.98. The SMILES string of the molecule is CCOc1nc(-c2ccc3c(c2)OCO3)n(-c2ccc(NC(=O)C34CC5CC(CC(C5)C3)C4)cc2)n1. The highest BCUT2D eigenvalue weighted by Gasteiger charge is 2.54. The zero-order chi connectivity index (χ0) is 24.3. The van der Waals surface area contributed by atoms with Crippen LogP contribution in [0.4, 0.5) is 5.69 Å². The first-order chi connectivity index (χ1) is 17.6. The van der Waals surface area contributed by atoms with Crippen LogP contribution in [0, 0.1) is 23.2 Å². The number of amides is 1. The minimum Gasteiger partial charge on any atom is -0.463 e. The maximum absolute atomic E-state index is 13.5. The van der Waals surface area contributed by atoms with E-state index in [9.17, 15) is 4.79 Å². The van der Waals surface area contributed by atoms with Gasteiger partial charge in [-0.1, -0.05) is 0 Å². The predicted octanol–water partition coefficient (Wildman–Crippen LogP) is 5.22. The molecule has 0 atom stereocenters. The fourth-order valence-corrected chi connectivity index (χ4v) is 7.22. The smallest absolute Gasteiger partial charge is 0.336 e. The molecule has 8 heteroatoms. The average molecular weight is 487 g/mol. The number of aromatic nitrogens is 3. The van der Waals surface area contributed by atoms with Gasteiger partial charge in [-0.2, -0.15) is 4.98 Å². The first kappa shape index (κ1) is 21.7. The van der Waals surface area contributed by atoms with E-state index >= 15 is 0 Å². The summed E-state index contributed by atoms with van der Waals surface area (Å²) < 4.78 is 18.4. The number of fused-ring (bicyclic) bond motifs is 1. The molecular formula is C28H30N4O4. The number of ether oxygens (including phenoxy) is 3. The first-order valence-electron chi connectivity index (χ1n) is 13.0. The molecule has 4 fully saturated rings. The summed E-state index contributed by atoms with van der Waals surface area (Å²) >= 11 is 0. The van der Waals surface area contributed by atoms with Gasteiger partial charge in [-0.3, -0.25) is 4.79 Å². The van der Waals surface area contributed by atoms with Crippen molar-refractivity contribution in [3.8, 4) is 34.6 Å². The summed E-state index contributed by atoms with van der Waals surface area (Å²) in [5.74, 6) is 4.47. The number of benzene rings is 2. The number of carbonyl (C=O) groups is 1. The van der Waals surface area contributed by atoms with E-state index in [4.69, 9.17) is 14.2 Å². The van der Waals surface area contributed by atoms with Gasteiger partial charge in [-0.25, -0.2) is 4.68 Å². The predicted molar refractivity (Wildman–Crippen MR) is 133 cm³/mol. The van der Waals surface area contributed by atoms with E-state index in [1.54, 1.807) is 4.68 Å². The van der Waals surface area contributed by atoms with Crippen molar-refractivity contribution in [1.29, 1.82) is 0 Å². The van der Waals surface area contributed by atoms with Crippen molar-refractivity contribution < 1.29 is 19.0 Å². The van der Waals surface area contributed by atoms with Crippen molar-refractivity contribution in [3.05, 3.63) is 42.5 Å². The first-order valence-corrected chi connectivity index (χ1v) is 13.0. The highest BCUT2D eigenvalue weighted by atomic mass is 16.7. The maximum Gasteiger partial charge on any atom is 0.336 e. The number of carbonyl (C=O) groups excluding carboxylic acids is 1. The molecule has 0 radical (unpaired) electrons. The molecule has 0 unspecified atom stereocenters. The quantitative estimate of drug-likeness (QED) is 0.514. The van der Waals surface area contributed by atoms with E-state index in [1.165, 1.54) is 19.3 Å². The molecule has 1 amide bonds. The molecular weight excluding hydrogens is 456 g/mol. The van der Waals surface area contributed by atoms with Crippen LogP contribution >= 0.6 is 0 Å². The van der Waals surface area contributed by atoms with Crippen molar-refractivity contribution in [2.75, 3.05) is 18.7 Å². The standard InChI is InChI=1S/C28H30N4O4/c1-2-34-27-30-25(20-3-8-23-24(12-20)36-16-35-23)32(31-27)22-6-4-21(5-7-22)29-26(33)28-13-17-9-18(14-28)11-19(10-17)15-28/h3-8,12,17-19H,2,9-11,13-16H2,1H3,(H,29,33). The van der Waals surface area contributed by atoms with E-state index in [2.05, 4.69) is 15.4 Å². The molecule has 4 aliphatic carbocycles. The Labute approximate surface area is 210 Å². The van der Waals surface area contributed by atoms with Crippen molar-refractivity contribution in [3.63, 3.8) is 0 Å². The summed E-state index contributed by atoms with van der Waals surface area (Å²) in [5.41, 5.74) is 2.32. The van der Waals surface area contributed by atoms with Crippen LogP contribution in [-0.4, -0.2) is 34.1 Å². The third-order valence-electron chi connectivity index (χ3n) is 8.38. The molecule has 2 heterocycles. The molecule has 1 aliphatic heterocycles. The lowest BCUT2D eigenvalue weighted by molar-refractivity contribution is -0.140. The summed E-state index contributed by atoms with van der Waals surface area (Å²) in [5, 5.41) is 7.82. The molecule has 8 nitrogen and oxygen atoms in total. The lowest BCUT2D eigenvalue weighted by Gasteiger charge is -2.55. The Balaban J connectivity index is 1.15. The van der Waals surface area contributed by atoms with Gasteiger partial charge < -0.3 is 19.5 Å². The number of nitrogens with one attached hydrogen (secondary N) is 1. The van der Waals surface area contributed by atoms with Gasteiger partial charge in [0, 0.05) is 11.3 Å². The zero-order valence-corrected chi connectivity index (χ0v) is 20.4. The number of anilines is 1. The van der Waals surface area contributed by atoms with Crippen molar-refractivity contribution in [2.24, 2.45) is 23.2 Å². The molecule has 0 saturated heterocycles. The zero-order valence-electron chi connectivity index (χ0n) is 20.4. The highest BCUT2D eigenvalue weighted by Crippen LogP contribution is 2.60. The van der Waals surface area contributed by atoms with E-state index in [0.717, 1.165) is 54.0 Å². The molecule has 1 N–H and O–H groups in total. The average Bonchev–Trinajstić information content (AvgIpc) is 3.50. The van der Waals surface area contributed by atoms with Gasteiger partial charge in [-0.15, -0.1) is 5.10 Å². The van der Waals surface area contributed by atoms with Gasteiger partial charge in [0.25, 0.3) is 0 Å². The fraction of sp³-hybridized carbons (Fsp3) is 0.464. The molecule has 36 heavy (non-hydrogen) atoms. The van der Waals surface area contributed by atoms with E-state index in [-0.39, 0.29) is 18.1 Å². The van der Waals surface area contributed by atoms with Gasteiger partial charge in [-0.05, 0) is 106 Å². The van der Waals surface area contributed by atoms with Gasteiger partial charge >= 0.3 is 6.01 Å². The van der Waals surface area contributed by atoms with Crippen molar-refractivity contribution >= 4 is 11.6 Å². The maximum atomic E-state index is 13.5. The largest absolute Gasteiger partial charge is 0.463 e. The van der Waals surface area contributed by atoms with Crippen LogP contribution in [0.25, 0.3) is 17.1 Å². The summed E-state index contributed by atoms with van der Waals surface area (Å²) in [6.45, 7) is 2.59. The normalized spacial score (nSPS) is 27.3. The lowest BCUT2D eigenvalue weighted by atomic mass is 9.49. The van der Waals surface area contributed by atoms with Crippen LogP contribution in [-0.2, 0) is 4.79 Å². The minimum atomic E-state index is -0.168. The van der Waals surface area contributed by atoms with Crippen molar-refractivity contribution in [1.82, 2.24) is 14.8 Å². The van der Waals surface area contributed by atoms with Crippen LogP contribution in [0.2, 0.25) is 0 Å². The Hall–Kier alpha value is -3.55. The molecule has 1 aromatic heterocycles. The third-order valence-corrected chi connectivity index (χ3v) is 8.38. The van der Waals surface area contributed by atoms with Crippen LogP contribution in [0.15, 0.2) is 42.5 Å². The highest BCUT2D eigenvalue weighted by molar-refractivity contribution is 5.95. The second-order valence-electron chi connectivity index (χ2n) is 10.8. The topological polar surface area (TPSA) is 87.5 Å². The molecule has 4 bridgehead atoms. The summed E-state index contributed by atoms with van der Waals surface area (Å²) in [4.78, 5) is 18.1. The molecule has 4 saturated carbocycles. The summed E-state index contributed by atoms with van der Waals surface area (Å²) in [7, 11) is 0. The molecule has 2 aromatic carbocycles. The fourth-order valence-electron chi connectivity index (χ4n) is 7.22. The molecule has 0 spiro atoms. The molecule has 186 valence electrons. The second-order valence-corrected chi connectivity index (χ2v) is 10.8. The molecule has 8 rings (SSSR count). The molecule has 3 aromatic rings. The Morgan fingerprint density at radius 1 is 1.03 bits per heavy atom. The van der Waals surface area contributed by atoms with E-state index in [0.29, 0.717) is 29.9 Å². The monoisotopic (exact) mass is 486 g/mol. The Morgan fingerprint density at radius 2 is 1.72 bits per heavy atom. The van der Waals surface area contributed by atoms with Crippen LogP contribution in [0.5, 0.6) is 17.5 Å². The van der Waals surface area contributed by atoms with Gasteiger partial charge in [0.05, 0.1) is 17.7 Å². The van der Waals surface area contributed by atoms with Crippen LogP contribution < -0.4 is 19.5 Å².